The van der Waals surface area contributed by atoms with Crippen LogP contribution in [0.15, 0.2) is 4.99 Å². The molecule has 15 heteroatoms. The number of aliphatic imine (C=N–C) groups is 1. The van der Waals surface area contributed by atoms with E-state index in [1.807, 2.05) is 6.92 Å². The van der Waals surface area contributed by atoms with Crippen molar-refractivity contribution in [1.82, 2.24) is 16.0 Å². The van der Waals surface area contributed by atoms with Crippen molar-refractivity contribution in [3.05, 3.63) is 0 Å². The van der Waals surface area contributed by atoms with Gasteiger partial charge in [0.2, 0.25) is 29.5 Å². The molecule has 0 spiro atoms. The van der Waals surface area contributed by atoms with Crippen LogP contribution >= 0.6 is 0 Å². The minimum Gasteiger partial charge on any atom is -0.370 e. The van der Waals surface area contributed by atoms with Gasteiger partial charge in [-0.15, -0.1) is 0 Å². The van der Waals surface area contributed by atoms with Crippen LogP contribution in [0.5, 0.6) is 0 Å². The van der Waals surface area contributed by atoms with Crippen molar-refractivity contribution in [3.8, 4) is 0 Å². The van der Waals surface area contributed by atoms with Gasteiger partial charge in [0.1, 0.15) is 18.1 Å². The maximum absolute atomic E-state index is 13.2. The molecule has 0 rings (SSSR count). The van der Waals surface area contributed by atoms with E-state index in [-0.39, 0.29) is 37.7 Å². The number of primary amides is 2. The maximum Gasteiger partial charge on any atom is 0.243 e. The predicted molar refractivity (Wildman–Crippen MR) is 144 cm³/mol. The zero-order chi connectivity index (χ0) is 29.3. The first-order valence-electron chi connectivity index (χ1n) is 12.8. The van der Waals surface area contributed by atoms with Gasteiger partial charge in [-0.25, -0.2) is 0 Å². The smallest absolute Gasteiger partial charge is 0.243 e. The van der Waals surface area contributed by atoms with Crippen molar-refractivity contribution in [2.75, 3.05) is 13.1 Å². The van der Waals surface area contributed by atoms with Gasteiger partial charge in [0, 0.05) is 13.0 Å². The van der Waals surface area contributed by atoms with Crippen LogP contribution in [0.2, 0.25) is 0 Å². The number of nitrogens with one attached hydrogen (secondary N) is 3. The lowest BCUT2D eigenvalue weighted by Crippen LogP contribution is -2.59. The summed E-state index contributed by atoms with van der Waals surface area (Å²) >= 11 is 0. The van der Waals surface area contributed by atoms with Crippen LogP contribution in [0.4, 0.5) is 0 Å². The zero-order valence-electron chi connectivity index (χ0n) is 22.4. The summed E-state index contributed by atoms with van der Waals surface area (Å²) in [6.07, 6.45) is 2.46. The van der Waals surface area contributed by atoms with Crippen LogP contribution in [-0.4, -0.2) is 72.8 Å². The maximum atomic E-state index is 13.2. The molecule has 0 aliphatic carbocycles. The van der Waals surface area contributed by atoms with Crippen molar-refractivity contribution in [3.63, 3.8) is 0 Å². The van der Waals surface area contributed by atoms with Crippen molar-refractivity contribution in [2.24, 2.45) is 45.3 Å². The topological polar surface area (TPSA) is 290 Å². The second-order valence-electron chi connectivity index (χ2n) is 9.24. The fourth-order valence-electron chi connectivity index (χ4n) is 3.48. The standard InChI is InChI=1S/C23H46N10O5/c1-3-13(2)18(33-20(36)14(25)7-4-5-11-24)22(38)32-16(9-10-17(26)34)21(37)31-15(19(27)35)8-6-12-30-23(28)29/h13-16,18H,3-12,24-25H2,1-2H3,(H2,26,34)(H2,27,35)(H,31,37)(H,32,38)(H,33,36)(H4,28,29,30)/t13-,14-,15-,16-,18-/m0/s1. The fraction of sp³-hybridized carbons (Fsp3) is 0.739. The van der Waals surface area contributed by atoms with Crippen LogP contribution in [0.3, 0.4) is 0 Å². The van der Waals surface area contributed by atoms with Crippen molar-refractivity contribution in [1.29, 1.82) is 0 Å². The van der Waals surface area contributed by atoms with Crippen LogP contribution in [-0.2, 0) is 24.0 Å². The molecule has 0 aromatic carbocycles. The number of amides is 5. The minimum absolute atomic E-state index is 0.113. The molecule has 0 aromatic rings. The first-order chi connectivity index (χ1) is 17.8. The van der Waals surface area contributed by atoms with Gasteiger partial charge in [0.15, 0.2) is 5.96 Å². The molecule has 0 aliphatic heterocycles. The van der Waals surface area contributed by atoms with Crippen LogP contribution < -0.4 is 50.4 Å². The molecule has 0 heterocycles. The Morgan fingerprint density at radius 1 is 0.789 bits per heavy atom. The molecule has 0 radical (unpaired) electrons. The Hall–Kier alpha value is -3.46. The lowest BCUT2D eigenvalue weighted by atomic mass is 9.96. The number of carbonyl (C=O) groups is 5. The predicted octanol–water partition coefficient (Wildman–Crippen LogP) is -3.25. The third kappa shape index (κ3) is 14.3. The van der Waals surface area contributed by atoms with E-state index >= 15 is 0 Å². The number of nitrogens with zero attached hydrogens (tertiary/aromatic N) is 1. The summed E-state index contributed by atoms with van der Waals surface area (Å²) in [5.41, 5.74) is 32.6. The Kier molecular flexibility index (Phi) is 17.0. The Balaban J connectivity index is 5.54. The molecular weight excluding hydrogens is 496 g/mol. The summed E-state index contributed by atoms with van der Waals surface area (Å²) in [5, 5.41) is 7.74. The summed E-state index contributed by atoms with van der Waals surface area (Å²) in [4.78, 5) is 65.9. The lowest BCUT2D eigenvalue weighted by molar-refractivity contribution is -0.134. The van der Waals surface area contributed by atoms with Crippen LogP contribution in [0.1, 0.15) is 65.2 Å². The van der Waals surface area contributed by atoms with E-state index < -0.39 is 53.7 Å². The van der Waals surface area contributed by atoms with Crippen molar-refractivity contribution >= 4 is 35.5 Å². The Morgan fingerprint density at radius 3 is 1.95 bits per heavy atom. The van der Waals surface area contributed by atoms with E-state index in [4.69, 9.17) is 34.4 Å². The normalized spacial score (nSPS) is 14.7. The lowest BCUT2D eigenvalue weighted by Gasteiger charge is -2.28. The average Bonchev–Trinajstić information content (AvgIpc) is 2.85. The molecule has 0 saturated heterocycles. The first kappa shape index (κ1) is 34.5. The molecule has 0 aromatic heterocycles. The molecule has 0 unspecified atom stereocenters. The van der Waals surface area contributed by atoms with E-state index in [1.54, 1.807) is 6.92 Å². The second-order valence-corrected chi connectivity index (χ2v) is 9.24. The molecule has 5 amide bonds. The summed E-state index contributed by atoms with van der Waals surface area (Å²) in [7, 11) is 0. The molecule has 218 valence electrons. The highest BCUT2D eigenvalue weighted by atomic mass is 16.2. The number of hydrogen-bond acceptors (Lipinski definition) is 8. The molecule has 0 bridgehead atoms. The van der Waals surface area contributed by atoms with E-state index in [1.165, 1.54) is 0 Å². The van der Waals surface area contributed by atoms with E-state index in [0.29, 0.717) is 38.6 Å². The number of carbonyl (C=O) groups excluding carboxylic acids is 5. The van der Waals surface area contributed by atoms with E-state index in [2.05, 4.69) is 20.9 Å². The highest BCUT2D eigenvalue weighted by molar-refractivity contribution is 5.95. The molecule has 0 aliphatic rings. The number of unbranched alkanes of at least 4 members (excludes halogenated alkanes) is 1. The van der Waals surface area contributed by atoms with Gasteiger partial charge in [0.05, 0.1) is 6.04 Å². The van der Waals surface area contributed by atoms with Gasteiger partial charge >= 0.3 is 0 Å². The average molecular weight is 543 g/mol. The van der Waals surface area contributed by atoms with Gasteiger partial charge in [-0.3, -0.25) is 29.0 Å². The van der Waals surface area contributed by atoms with Crippen molar-refractivity contribution in [2.45, 2.75) is 89.4 Å². The van der Waals surface area contributed by atoms with E-state index in [9.17, 15) is 24.0 Å². The minimum atomic E-state index is -1.23. The third-order valence-electron chi connectivity index (χ3n) is 6.02. The SMILES string of the molecule is CC[C@H](C)[C@H](NC(=O)[C@@H](N)CCCCN)C(=O)N[C@@H](CCC(N)=O)C(=O)N[C@@H](CCCN=C(N)N)C(N)=O. The summed E-state index contributed by atoms with van der Waals surface area (Å²) in [6, 6.07) is -4.12. The largest absolute Gasteiger partial charge is 0.370 e. The summed E-state index contributed by atoms with van der Waals surface area (Å²) in [5.74, 6) is -3.78. The molecule has 15 nitrogen and oxygen atoms in total. The Labute approximate surface area is 223 Å². The molecule has 38 heavy (non-hydrogen) atoms. The summed E-state index contributed by atoms with van der Waals surface area (Å²) < 4.78 is 0. The van der Waals surface area contributed by atoms with Gasteiger partial charge < -0.3 is 50.4 Å². The summed E-state index contributed by atoms with van der Waals surface area (Å²) in [6.45, 7) is 4.31. The number of nitrogens with two attached hydrogens (primary N) is 6. The number of hydrogen-bond donors (Lipinski definition) is 9. The molecule has 15 N–H and O–H groups in total. The monoisotopic (exact) mass is 542 g/mol. The number of guanidine groups is 1. The van der Waals surface area contributed by atoms with Crippen LogP contribution in [0, 0.1) is 5.92 Å². The second kappa shape index (κ2) is 18.7. The van der Waals surface area contributed by atoms with Crippen LogP contribution in [0.25, 0.3) is 0 Å². The highest BCUT2D eigenvalue weighted by Crippen LogP contribution is 2.11. The Morgan fingerprint density at radius 2 is 1.42 bits per heavy atom. The zero-order valence-corrected chi connectivity index (χ0v) is 22.4. The highest BCUT2D eigenvalue weighted by Gasteiger charge is 2.32. The van der Waals surface area contributed by atoms with Gasteiger partial charge in [0.25, 0.3) is 0 Å². The van der Waals surface area contributed by atoms with Gasteiger partial charge in [-0.2, -0.15) is 0 Å². The Bertz CT molecular complexity index is 818. The first-order valence-corrected chi connectivity index (χ1v) is 12.8. The van der Waals surface area contributed by atoms with Gasteiger partial charge in [-0.05, 0) is 44.6 Å². The number of rotatable bonds is 20. The molecule has 0 saturated carbocycles. The molecular formula is C23H46N10O5. The fourth-order valence-corrected chi connectivity index (χ4v) is 3.48. The molecule has 0 fully saturated rings. The molecule has 5 atom stereocenters. The van der Waals surface area contributed by atoms with E-state index in [0.717, 1.165) is 0 Å². The quantitative estimate of drug-likeness (QED) is 0.0423. The third-order valence-corrected chi connectivity index (χ3v) is 6.02. The van der Waals surface area contributed by atoms with Gasteiger partial charge in [-0.1, -0.05) is 26.7 Å². The van der Waals surface area contributed by atoms with Crippen molar-refractivity contribution < 1.29 is 24.0 Å².